The Morgan fingerprint density at radius 3 is 2.12 bits per heavy atom. The second-order valence-electron chi connectivity index (χ2n) is 2.48. The first-order valence-electron chi connectivity index (χ1n) is 3.18. The van der Waals surface area contributed by atoms with E-state index < -0.39 is 0 Å². The van der Waals surface area contributed by atoms with Crippen LogP contribution in [-0.2, 0) is 0 Å². The molecule has 1 aliphatic carbocycles. The van der Waals surface area contributed by atoms with Gasteiger partial charge in [0.25, 0.3) is 0 Å². The number of hydrogen-bond donors (Lipinski definition) is 2. The normalized spacial score (nSPS) is 21.5. The van der Waals surface area contributed by atoms with E-state index >= 15 is 0 Å². The van der Waals surface area contributed by atoms with Crippen molar-refractivity contribution in [2.45, 2.75) is 25.7 Å². The van der Waals surface area contributed by atoms with Gasteiger partial charge in [-0.05, 0) is 12.8 Å². The Morgan fingerprint density at radius 1 is 1.38 bits per heavy atom. The molecule has 2 nitrogen and oxygen atoms in total. The second kappa shape index (κ2) is 2.16. The van der Waals surface area contributed by atoms with E-state index in [1.165, 1.54) is 25.7 Å². The molecule has 0 atom stereocenters. The van der Waals surface area contributed by atoms with E-state index in [1.54, 1.807) is 0 Å². The highest BCUT2D eigenvalue weighted by Gasteiger charge is 2.20. The molecule has 0 aromatic rings. The zero-order valence-electron chi connectivity index (χ0n) is 5.06. The zero-order chi connectivity index (χ0) is 5.98. The van der Waals surface area contributed by atoms with Crippen LogP contribution >= 0.6 is 0 Å². The largest absolute Gasteiger partial charge is 0.291 e. The molecule has 0 aromatic carbocycles. The average Bonchev–Trinajstić information content (AvgIpc) is 2.12. The smallest absolute Gasteiger partial charge is 0.241 e. The van der Waals surface area contributed by atoms with Gasteiger partial charge in [-0.2, -0.15) is 0 Å². The quantitative estimate of drug-likeness (QED) is 0.342. The summed E-state index contributed by atoms with van der Waals surface area (Å²) in [5.74, 6) is 1.18. The van der Waals surface area contributed by atoms with Crippen LogP contribution in [0.1, 0.15) is 25.7 Å². The van der Waals surface area contributed by atoms with Crippen LogP contribution in [0.25, 0.3) is 0 Å². The molecule has 0 bridgehead atoms. The highest BCUT2D eigenvalue weighted by Crippen LogP contribution is 2.23. The molecule has 0 unspecified atom stereocenters. The van der Waals surface area contributed by atoms with Gasteiger partial charge in [0.15, 0.2) is 0 Å². The lowest BCUT2D eigenvalue weighted by atomic mass is 10.1. The van der Waals surface area contributed by atoms with Crippen LogP contribution in [0.5, 0.6) is 0 Å². The van der Waals surface area contributed by atoms with Crippen molar-refractivity contribution in [3.05, 3.63) is 0 Å². The monoisotopic (exact) mass is 113 g/mol. The Morgan fingerprint density at radius 2 is 1.88 bits per heavy atom. The summed E-state index contributed by atoms with van der Waals surface area (Å²) in [7, 11) is 0. The average molecular weight is 113 g/mol. The van der Waals surface area contributed by atoms with E-state index in [-0.39, 0.29) is 0 Å². The van der Waals surface area contributed by atoms with Crippen LogP contribution in [0.3, 0.4) is 0 Å². The fourth-order valence-electron chi connectivity index (χ4n) is 1.26. The maximum Gasteiger partial charge on any atom is 0.241 e. The molecule has 0 aliphatic heterocycles. The highest BCUT2D eigenvalue weighted by molar-refractivity contribution is 5.76. The van der Waals surface area contributed by atoms with Crippen molar-refractivity contribution in [1.29, 1.82) is 0 Å². The Bertz CT molecular complexity index is 92.7. The molecule has 0 radical (unpaired) electrons. The summed E-state index contributed by atoms with van der Waals surface area (Å²) in [4.78, 5) is 0. The molecule has 1 rings (SSSR count). The summed E-state index contributed by atoms with van der Waals surface area (Å²) in [5.41, 5.74) is 5.39. The van der Waals surface area contributed by atoms with Crippen LogP contribution < -0.4 is 11.1 Å². The van der Waals surface area contributed by atoms with Gasteiger partial charge in [0.05, 0.1) is 5.92 Å². The maximum atomic E-state index is 5.39. The lowest BCUT2D eigenvalue weighted by Crippen LogP contribution is -2.49. The van der Waals surface area contributed by atoms with E-state index in [1.807, 2.05) is 0 Å². The molecular weight excluding hydrogens is 100 g/mol. The number of nitrogens with two attached hydrogens (primary N) is 2. The van der Waals surface area contributed by atoms with Gasteiger partial charge in [0.1, 0.15) is 0 Å². The van der Waals surface area contributed by atoms with Gasteiger partial charge in [-0.15, -0.1) is 0 Å². The lowest BCUT2D eigenvalue weighted by Gasteiger charge is -1.97. The predicted molar refractivity (Wildman–Crippen MR) is 33.1 cm³/mol. The zero-order valence-corrected chi connectivity index (χ0v) is 5.06. The van der Waals surface area contributed by atoms with Crippen LogP contribution in [-0.4, -0.2) is 5.84 Å². The second-order valence-corrected chi connectivity index (χ2v) is 2.48. The molecule has 0 amide bonds. The van der Waals surface area contributed by atoms with Crippen molar-refractivity contribution in [3.8, 4) is 0 Å². The van der Waals surface area contributed by atoms with Gasteiger partial charge in [-0.1, -0.05) is 12.8 Å². The SMILES string of the molecule is NC(=[NH2+])C1CCCC1. The summed E-state index contributed by atoms with van der Waals surface area (Å²) in [6.07, 6.45) is 5.04. The molecule has 46 valence electrons. The van der Waals surface area contributed by atoms with Crippen molar-refractivity contribution in [2.24, 2.45) is 11.7 Å². The van der Waals surface area contributed by atoms with Gasteiger partial charge in [0, 0.05) is 0 Å². The Balaban J connectivity index is 2.35. The standard InChI is InChI=1S/C6H12N2/c7-6(8)5-3-1-2-4-5/h5H,1-4H2,(H3,7,8)/p+1. The van der Waals surface area contributed by atoms with E-state index in [9.17, 15) is 0 Å². The summed E-state index contributed by atoms with van der Waals surface area (Å²) >= 11 is 0. The Labute approximate surface area is 49.6 Å². The van der Waals surface area contributed by atoms with E-state index in [4.69, 9.17) is 11.1 Å². The molecule has 2 heteroatoms. The Hall–Kier alpha value is -0.530. The lowest BCUT2D eigenvalue weighted by molar-refractivity contribution is -0.121. The molecule has 1 aliphatic rings. The summed E-state index contributed by atoms with van der Waals surface area (Å²) in [5, 5.41) is 5.39. The van der Waals surface area contributed by atoms with E-state index in [0.717, 1.165) is 0 Å². The summed E-state index contributed by atoms with van der Waals surface area (Å²) in [6.45, 7) is 0. The van der Waals surface area contributed by atoms with Gasteiger partial charge in [-0.3, -0.25) is 11.1 Å². The Kier molecular flexibility index (Phi) is 1.51. The summed E-state index contributed by atoms with van der Waals surface area (Å²) < 4.78 is 0. The van der Waals surface area contributed by atoms with E-state index in [0.29, 0.717) is 11.8 Å². The molecule has 1 fully saturated rings. The predicted octanol–water partition coefficient (Wildman–Crippen LogP) is -0.707. The topological polar surface area (TPSA) is 51.6 Å². The molecule has 0 saturated heterocycles. The van der Waals surface area contributed by atoms with Crippen LogP contribution in [0.2, 0.25) is 0 Å². The minimum absolute atomic E-state index is 0.537. The van der Waals surface area contributed by atoms with Crippen LogP contribution in [0.4, 0.5) is 0 Å². The van der Waals surface area contributed by atoms with Gasteiger partial charge in [0.2, 0.25) is 5.84 Å². The van der Waals surface area contributed by atoms with Crippen molar-refractivity contribution in [1.82, 2.24) is 0 Å². The van der Waals surface area contributed by atoms with Crippen LogP contribution in [0, 0.1) is 5.92 Å². The first-order chi connectivity index (χ1) is 3.80. The first kappa shape index (κ1) is 5.60. The van der Waals surface area contributed by atoms with Crippen molar-refractivity contribution >= 4 is 5.84 Å². The molecule has 8 heavy (non-hydrogen) atoms. The van der Waals surface area contributed by atoms with Crippen LogP contribution in [0.15, 0.2) is 0 Å². The minimum Gasteiger partial charge on any atom is -0.291 e. The maximum absolute atomic E-state index is 5.39. The fraction of sp³-hybridized carbons (Fsp3) is 0.833. The summed E-state index contributed by atoms with van der Waals surface area (Å²) in [6, 6.07) is 0. The van der Waals surface area contributed by atoms with Crippen molar-refractivity contribution in [3.63, 3.8) is 0 Å². The third kappa shape index (κ3) is 0.997. The molecule has 0 aromatic heterocycles. The molecule has 1 saturated carbocycles. The third-order valence-electron chi connectivity index (χ3n) is 1.83. The van der Waals surface area contributed by atoms with Gasteiger partial charge < -0.3 is 0 Å². The number of amidine groups is 1. The molecule has 0 heterocycles. The molecule has 4 N–H and O–H groups in total. The van der Waals surface area contributed by atoms with Gasteiger partial charge in [-0.25, -0.2) is 0 Å². The molecular formula is C6H13N2+. The third-order valence-corrected chi connectivity index (χ3v) is 1.83. The fourth-order valence-corrected chi connectivity index (χ4v) is 1.26. The van der Waals surface area contributed by atoms with Crippen molar-refractivity contribution in [2.75, 3.05) is 0 Å². The van der Waals surface area contributed by atoms with E-state index in [2.05, 4.69) is 0 Å². The highest BCUT2D eigenvalue weighted by atomic mass is 14.7. The number of hydrogen-bond acceptors (Lipinski definition) is 0. The first-order valence-corrected chi connectivity index (χ1v) is 3.18. The molecule has 0 spiro atoms. The van der Waals surface area contributed by atoms with Gasteiger partial charge >= 0.3 is 0 Å². The minimum atomic E-state index is 0.537. The van der Waals surface area contributed by atoms with Crippen molar-refractivity contribution < 1.29 is 5.41 Å². The number of rotatable bonds is 1.